The van der Waals surface area contributed by atoms with E-state index in [1.54, 1.807) is 59.3 Å². The first kappa shape index (κ1) is 22.3. The fourth-order valence-corrected chi connectivity index (χ4v) is 3.58. The lowest BCUT2D eigenvalue weighted by Gasteiger charge is -2.07. The van der Waals surface area contributed by atoms with Crippen molar-refractivity contribution >= 4 is 46.5 Å². The number of nitrogens with one attached hydrogen (secondary N) is 1. The first-order valence-corrected chi connectivity index (χ1v) is 10.8. The summed E-state index contributed by atoms with van der Waals surface area (Å²) in [6.07, 6.45) is 0. The zero-order valence-electron chi connectivity index (χ0n) is 16.9. The Bertz CT molecular complexity index is 1250. The first-order chi connectivity index (χ1) is 15.4. The molecule has 1 N–H and O–H groups in total. The van der Waals surface area contributed by atoms with Crippen LogP contribution in [-0.2, 0) is 13.2 Å². The van der Waals surface area contributed by atoms with Crippen molar-refractivity contribution in [1.29, 1.82) is 0 Å². The largest absolute Gasteiger partial charge is 0.486 e. The molecule has 32 heavy (non-hydrogen) atoms. The van der Waals surface area contributed by atoms with Gasteiger partial charge in [-0.2, -0.15) is 5.10 Å². The van der Waals surface area contributed by atoms with E-state index in [2.05, 4.69) is 10.4 Å². The van der Waals surface area contributed by atoms with Gasteiger partial charge in [0.1, 0.15) is 18.1 Å². The molecule has 6 nitrogen and oxygen atoms in total. The average Bonchev–Trinajstić information content (AvgIpc) is 3.36. The summed E-state index contributed by atoms with van der Waals surface area (Å²) in [5.41, 5.74) is 1.74. The molecule has 1 amide bonds. The van der Waals surface area contributed by atoms with E-state index >= 15 is 0 Å². The standard InChI is InChI=1S/C23H18Cl3N3O3/c1-14-10-22(28-29(14)12-15-2-3-17(25)11-20(15)26)27-23(30)21-9-8-19(32-21)13-31-18-6-4-16(24)5-7-18/h2-11H,12-13H2,1H3,(H,27,28,30). The maximum atomic E-state index is 12.6. The van der Waals surface area contributed by atoms with Gasteiger partial charge in [0.25, 0.3) is 5.91 Å². The topological polar surface area (TPSA) is 69.3 Å². The summed E-state index contributed by atoms with van der Waals surface area (Å²) in [7, 11) is 0. The molecule has 164 valence electrons. The fraction of sp³-hybridized carbons (Fsp3) is 0.130. The van der Waals surface area contributed by atoms with Gasteiger partial charge in [-0.3, -0.25) is 9.48 Å². The maximum absolute atomic E-state index is 12.6. The molecule has 0 radical (unpaired) electrons. The summed E-state index contributed by atoms with van der Waals surface area (Å²) in [5.74, 6) is 1.33. The Balaban J connectivity index is 1.38. The number of anilines is 1. The van der Waals surface area contributed by atoms with Crippen molar-refractivity contribution < 1.29 is 13.9 Å². The molecule has 0 aliphatic heterocycles. The number of hydrogen-bond acceptors (Lipinski definition) is 4. The second kappa shape index (κ2) is 9.69. The lowest BCUT2D eigenvalue weighted by molar-refractivity contribution is 0.0992. The van der Waals surface area contributed by atoms with Crippen LogP contribution in [0.1, 0.15) is 27.6 Å². The number of nitrogens with zero attached hydrogens (tertiary/aromatic N) is 2. The molecule has 9 heteroatoms. The highest BCUT2D eigenvalue weighted by Gasteiger charge is 2.15. The molecule has 2 aromatic carbocycles. The van der Waals surface area contributed by atoms with E-state index in [1.165, 1.54) is 0 Å². The van der Waals surface area contributed by atoms with Gasteiger partial charge in [0, 0.05) is 26.8 Å². The molecule has 0 aliphatic rings. The molecule has 0 saturated carbocycles. The van der Waals surface area contributed by atoms with Crippen molar-refractivity contribution in [2.45, 2.75) is 20.1 Å². The fourth-order valence-electron chi connectivity index (χ4n) is 2.98. The Morgan fingerprint density at radius 1 is 1.03 bits per heavy atom. The van der Waals surface area contributed by atoms with E-state index in [4.69, 9.17) is 44.0 Å². The number of benzene rings is 2. The zero-order chi connectivity index (χ0) is 22.7. The first-order valence-electron chi connectivity index (χ1n) is 9.64. The van der Waals surface area contributed by atoms with Gasteiger partial charge in [-0.1, -0.05) is 40.9 Å². The van der Waals surface area contributed by atoms with Crippen LogP contribution in [0.3, 0.4) is 0 Å². The number of furan rings is 1. The molecule has 0 spiro atoms. The summed E-state index contributed by atoms with van der Waals surface area (Å²) in [5, 5.41) is 8.94. The van der Waals surface area contributed by atoms with Crippen molar-refractivity contribution in [1.82, 2.24) is 9.78 Å². The maximum Gasteiger partial charge on any atom is 0.292 e. The van der Waals surface area contributed by atoms with E-state index in [1.807, 2.05) is 13.0 Å². The third kappa shape index (κ3) is 5.46. The van der Waals surface area contributed by atoms with Crippen molar-refractivity contribution in [3.63, 3.8) is 0 Å². The van der Waals surface area contributed by atoms with Gasteiger partial charge in [-0.05, 0) is 61.0 Å². The number of halogens is 3. The van der Waals surface area contributed by atoms with Gasteiger partial charge < -0.3 is 14.5 Å². The molecular formula is C23H18Cl3N3O3. The molecule has 0 saturated heterocycles. The highest BCUT2D eigenvalue weighted by molar-refractivity contribution is 6.35. The summed E-state index contributed by atoms with van der Waals surface area (Å²) in [4.78, 5) is 12.6. The molecule has 4 aromatic rings. The van der Waals surface area contributed by atoms with Crippen molar-refractivity contribution in [3.05, 3.63) is 98.5 Å². The van der Waals surface area contributed by atoms with E-state index in [9.17, 15) is 4.79 Å². The minimum Gasteiger partial charge on any atom is -0.486 e. The number of carbonyl (C=O) groups excluding carboxylic acids is 1. The van der Waals surface area contributed by atoms with Gasteiger partial charge >= 0.3 is 0 Å². The quantitative estimate of drug-likeness (QED) is 0.316. The van der Waals surface area contributed by atoms with Crippen LogP contribution >= 0.6 is 34.8 Å². The van der Waals surface area contributed by atoms with Crippen LogP contribution in [0, 0.1) is 6.92 Å². The van der Waals surface area contributed by atoms with Gasteiger partial charge in [0.15, 0.2) is 11.6 Å². The normalized spacial score (nSPS) is 10.9. The van der Waals surface area contributed by atoms with E-state index in [0.717, 1.165) is 11.3 Å². The number of amides is 1. The highest BCUT2D eigenvalue weighted by Crippen LogP contribution is 2.23. The van der Waals surface area contributed by atoms with Crippen LogP contribution in [-0.4, -0.2) is 15.7 Å². The van der Waals surface area contributed by atoms with Crippen molar-refractivity contribution in [2.24, 2.45) is 0 Å². The Morgan fingerprint density at radius 2 is 1.78 bits per heavy atom. The van der Waals surface area contributed by atoms with Crippen LogP contribution in [0.25, 0.3) is 0 Å². The minimum absolute atomic E-state index is 0.160. The number of ether oxygens (including phenoxy) is 1. The Kier molecular flexibility index (Phi) is 6.74. The predicted molar refractivity (Wildman–Crippen MR) is 125 cm³/mol. The molecular weight excluding hydrogens is 473 g/mol. The Hall–Kier alpha value is -2.93. The van der Waals surface area contributed by atoms with Crippen LogP contribution in [0.4, 0.5) is 5.82 Å². The van der Waals surface area contributed by atoms with Crippen LogP contribution < -0.4 is 10.1 Å². The lowest BCUT2D eigenvalue weighted by Crippen LogP contribution is -2.12. The SMILES string of the molecule is Cc1cc(NC(=O)c2ccc(COc3ccc(Cl)cc3)o2)nn1Cc1ccc(Cl)cc1Cl. The van der Waals surface area contributed by atoms with Crippen LogP contribution in [0.5, 0.6) is 5.75 Å². The van der Waals surface area contributed by atoms with Gasteiger partial charge in [0.2, 0.25) is 0 Å². The molecule has 0 unspecified atom stereocenters. The van der Waals surface area contributed by atoms with E-state index in [0.29, 0.717) is 38.9 Å². The third-order valence-corrected chi connectivity index (χ3v) is 5.48. The second-order valence-corrected chi connectivity index (χ2v) is 8.31. The van der Waals surface area contributed by atoms with Gasteiger partial charge in [-0.15, -0.1) is 0 Å². The Labute approximate surface area is 199 Å². The van der Waals surface area contributed by atoms with Crippen molar-refractivity contribution in [3.8, 4) is 5.75 Å². The van der Waals surface area contributed by atoms with E-state index < -0.39 is 5.91 Å². The summed E-state index contributed by atoms with van der Waals surface area (Å²) < 4.78 is 13.0. The molecule has 0 fully saturated rings. The number of hydrogen-bond donors (Lipinski definition) is 1. The van der Waals surface area contributed by atoms with E-state index in [-0.39, 0.29) is 12.4 Å². The number of aryl methyl sites for hydroxylation is 1. The van der Waals surface area contributed by atoms with Crippen LogP contribution in [0.15, 0.2) is 65.1 Å². The summed E-state index contributed by atoms with van der Waals surface area (Å²) in [6.45, 7) is 2.53. The zero-order valence-corrected chi connectivity index (χ0v) is 19.2. The summed E-state index contributed by atoms with van der Waals surface area (Å²) in [6, 6.07) is 17.4. The smallest absolute Gasteiger partial charge is 0.292 e. The highest BCUT2D eigenvalue weighted by atomic mass is 35.5. The summed E-state index contributed by atoms with van der Waals surface area (Å²) >= 11 is 18.1. The lowest BCUT2D eigenvalue weighted by atomic mass is 10.2. The molecule has 4 rings (SSSR count). The molecule has 0 bridgehead atoms. The monoisotopic (exact) mass is 489 g/mol. The number of aromatic nitrogens is 2. The van der Waals surface area contributed by atoms with Gasteiger partial charge in [-0.25, -0.2) is 0 Å². The van der Waals surface area contributed by atoms with Crippen molar-refractivity contribution in [2.75, 3.05) is 5.32 Å². The second-order valence-electron chi connectivity index (χ2n) is 7.03. The number of carbonyl (C=O) groups is 1. The number of rotatable bonds is 7. The van der Waals surface area contributed by atoms with Gasteiger partial charge in [0.05, 0.1) is 6.54 Å². The third-order valence-electron chi connectivity index (χ3n) is 4.64. The predicted octanol–water partition coefficient (Wildman–Crippen LogP) is 6.62. The Morgan fingerprint density at radius 3 is 2.53 bits per heavy atom. The average molecular weight is 491 g/mol. The molecule has 2 aromatic heterocycles. The molecule has 0 aliphatic carbocycles. The molecule has 2 heterocycles. The molecule has 0 atom stereocenters. The minimum atomic E-state index is -0.406. The van der Waals surface area contributed by atoms with Crippen LogP contribution in [0.2, 0.25) is 15.1 Å².